The molecule has 1 aromatic carbocycles. The Kier molecular flexibility index (Phi) is 5.47. The third-order valence-electron chi connectivity index (χ3n) is 5.17. The Morgan fingerprint density at radius 3 is 2.19 bits per heavy atom. The molecule has 2 aromatic rings. The summed E-state index contributed by atoms with van der Waals surface area (Å²) in [5, 5.41) is 0. The molecule has 1 N–H and O–H groups in total. The second kappa shape index (κ2) is 7.50. The van der Waals surface area contributed by atoms with Gasteiger partial charge in [-0.3, -0.25) is 4.72 Å². The molecule has 0 amide bonds. The first-order valence-electron chi connectivity index (χ1n) is 9.49. The number of aromatic nitrogens is 1. The summed E-state index contributed by atoms with van der Waals surface area (Å²) in [7, 11) is -3.65. The summed E-state index contributed by atoms with van der Waals surface area (Å²) in [6.45, 7) is 10.6. The van der Waals surface area contributed by atoms with Crippen LogP contribution in [0.3, 0.4) is 0 Å². The second-order valence-corrected chi connectivity index (χ2v) is 10.1. The highest BCUT2D eigenvalue weighted by atomic mass is 32.2. The molecule has 0 bridgehead atoms. The smallest absolute Gasteiger partial charge is 0.263 e. The largest absolute Gasteiger partial charge is 0.370 e. The van der Waals surface area contributed by atoms with E-state index in [2.05, 4.69) is 42.3 Å². The van der Waals surface area contributed by atoms with Crippen molar-refractivity contribution in [1.29, 1.82) is 0 Å². The fourth-order valence-corrected chi connectivity index (χ4v) is 4.24. The van der Waals surface area contributed by atoms with E-state index in [0.29, 0.717) is 5.82 Å². The van der Waals surface area contributed by atoms with Crippen LogP contribution >= 0.6 is 0 Å². The van der Waals surface area contributed by atoms with Crippen LogP contribution in [0, 0.1) is 5.92 Å². The SMILES string of the molecule is CC1CCN(c2ccc(NS(=O)(=O)c3ccc(C(C)(C)C)cc3)nc2)CC1. The maximum Gasteiger partial charge on any atom is 0.263 e. The van der Waals surface area contributed by atoms with E-state index >= 15 is 0 Å². The standard InChI is InChI=1S/C21H29N3O2S/c1-16-11-13-24(14-12-16)18-7-10-20(22-15-18)23-27(25,26)19-8-5-17(6-9-19)21(2,3)4/h5-10,15-16H,11-14H2,1-4H3,(H,22,23). The number of hydrogen-bond donors (Lipinski definition) is 1. The zero-order valence-corrected chi connectivity index (χ0v) is 17.4. The van der Waals surface area contributed by atoms with Crippen molar-refractivity contribution in [3.63, 3.8) is 0 Å². The van der Waals surface area contributed by atoms with Gasteiger partial charge in [0.05, 0.1) is 16.8 Å². The quantitative estimate of drug-likeness (QED) is 0.844. The molecule has 0 unspecified atom stereocenters. The van der Waals surface area contributed by atoms with Crippen LogP contribution in [0.15, 0.2) is 47.5 Å². The number of hydrogen-bond acceptors (Lipinski definition) is 4. The number of anilines is 2. The van der Waals surface area contributed by atoms with Crippen LogP contribution in [0.2, 0.25) is 0 Å². The molecule has 2 heterocycles. The molecule has 1 aliphatic rings. The average Bonchev–Trinajstić information content (AvgIpc) is 2.62. The summed E-state index contributed by atoms with van der Waals surface area (Å²) in [5.41, 5.74) is 2.12. The first-order chi connectivity index (χ1) is 12.6. The van der Waals surface area contributed by atoms with Crippen molar-refractivity contribution in [2.75, 3.05) is 22.7 Å². The minimum Gasteiger partial charge on any atom is -0.370 e. The van der Waals surface area contributed by atoms with Gasteiger partial charge >= 0.3 is 0 Å². The van der Waals surface area contributed by atoms with Gasteiger partial charge in [-0.15, -0.1) is 0 Å². The van der Waals surface area contributed by atoms with Crippen molar-refractivity contribution < 1.29 is 8.42 Å². The predicted molar refractivity (Wildman–Crippen MR) is 111 cm³/mol. The lowest BCUT2D eigenvalue weighted by Gasteiger charge is -2.31. The van der Waals surface area contributed by atoms with Crippen molar-refractivity contribution in [2.45, 2.75) is 50.8 Å². The number of sulfonamides is 1. The fraction of sp³-hybridized carbons (Fsp3) is 0.476. The summed E-state index contributed by atoms with van der Waals surface area (Å²) >= 11 is 0. The molecule has 1 fully saturated rings. The molecule has 0 saturated carbocycles. The molecule has 0 atom stereocenters. The summed E-state index contributed by atoms with van der Waals surface area (Å²) in [5.74, 6) is 1.11. The van der Waals surface area contributed by atoms with Crippen LogP contribution in [-0.2, 0) is 15.4 Å². The minimum atomic E-state index is -3.65. The second-order valence-electron chi connectivity index (χ2n) is 8.45. The Hall–Kier alpha value is -2.08. The Labute approximate surface area is 162 Å². The van der Waals surface area contributed by atoms with E-state index in [1.165, 1.54) is 12.8 Å². The van der Waals surface area contributed by atoms with E-state index < -0.39 is 10.0 Å². The fourth-order valence-electron chi connectivity index (χ4n) is 3.23. The van der Waals surface area contributed by atoms with E-state index in [4.69, 9.17) is 0 Å². The Bertz CT molecular complexity index is 861. The molecular weight excluding hydrogens is 358 g/mol. The Morgan fingerprint density at radius 1 is 1.04 bits per heavy atom. The number of benzene rings is 1. The van der Waals surface area contributed by atoms with Gasteiger partial charge in [0.15, 0.2) is 0 Å². The highest BCUT2D eigenvalue weighted by molar-refractivity contribution is 7.92. The lowest BCUT2D eigenvalue weighted by molar-refractivity contribution is 0.438. The molecule has 1 aromatic heterocycles. The Morgan fingerprint density at radius 2 is 1.67 bits per heavy atom. The van der Waals surface area contributed by atoms with Gasteiger partial charge in [0.1, 0.15) is 5.82 Å². The number of piperidine rings is 1. The first kappa shape index (κ1) is 19.7. The molecule has 27 heavy (non-hydrogen) atoms. The molecular formula is C21H29N3O2S. The van der Waals surface area contributed by atoms with Crippen molar-refractivity contribution in [3.05, 3.63) is 48.2 Å². The Balaban J connectivity index is 1.70. The van der Waals surface area contributed by atoms with Gasteiger partial charge in [-0.05, 0) is 54.0 Å². The molecule has 6 heteroatoms. The molecule has 0 aliphatic carbocycles. The summed E-state index contributed by atoms with van der Waals surface area (Å²) < 4.78 is 27.8. The maximum atomic E-state index is 12.6. The van der Waals surface area contributed by atoms with Crippen molar-refractivity contribution in [3.8, 4) is 0 Å². The molecule has 0 radical (unpaired) electrons. The van der Waals surface area contributed by atoms with E-state index in [0.717, 1.165) is 30.3 Å². The molecule has 1 saturated heterocycles. The van der Waals surface area contributed by atoms with Crippen LogP contribution in [0.1, 0.15) is 46.1 Å². The van der Waals surface area contributed by atoms with Crippen molar-refractivity contribution >= 4 is 21.5 Å². The van der Waals surface area contributed by atoms with Crippen LogP contribution < -0.4 is 9.62 Å². The lowest BCUT2D eigenvalue weighted by atomic mass is 9.87. The average molecular weight is 388 g/mol. The van der Waals surface area contributed by atoms with E-state index in [1.54, 1.807) is 24.4 Å². The van der Waals surface area contributed by atoms with Gasteiger partial charge < -0.3 is 4.90 Å². The van der Waals surface area contributed by atoms with Gasteiger partial charge in [-0.1, -0.05) is 39.8 Å². The number of pyridine rings is 1. The summed E-state index contributed by atoms with van der Waals surface area (Å²) in [4.78, 5) is 6.85. The van der Waals surface area contributed by atoms with E-state index in [1.807, 2.05) is 18.2 Å². The number of nitrogens with zero attached hydrogens (tertiary/aromatic N) is 2. The van der Waals surface area contributed by atoms with Gasteiger partial charge in [0, 0.05) is 13.1 Å². The molecule has 5 nitrogen and oxygen atoms in total. The van der Waals surface area contributed by atoms with Gasteiger partial charge in [0.25, 0.3) is 10.0 Å². The molecule has 146 valence electrons. The zero-order chi connectivity index (χ0) is 19.7. The minimum absolute atomic E-state index is 0.0145. The topological polar surface area (TPSA) is 62.3 Å². The van der Waals surface area contributed by atoms with Crippen LogP contribution in [0.5, 0.6) is 0 Å². The van der Waals surface area contributed by atoms with E-state index in [-0.39, 0.29) is 10.3 Å². The van der Waals surface area contributed by atoms with Gasteiger partial charge in [-0.2, -0.15) is 0 Å². The highest BCUT2D eigenvalue weighted by Gasteiger charge is 2.19. The van der Waals surface area contributed by atoms with Crippen LogP contribution in [0.4, 0.5) is 11.5 Å². The monoisotopic (exact) mass is 387 g/mol. The maximum absolute atomic E-state index is 12.6. The molecule has 3 rings (SSSR count). The first-order valence-corrected chi connectivity index (χ1v) is 11.0. The summed E-state index contributed by atoms with van der Waals surface area (Å²) in [6.07, 6.45) is 4.11. The van der Waals surface area contributed by atoms with Gasteiger partial charge in [0.2, 0.25) is 0 Å². The molecule has 0 spiro atoms. The molecule has 1 aliphatic heterocycles. The van der Waals surface area contributed by atoms with Gasteiger partial charge in [-0.25, -0.2) is 13.4 Å². The number of rotatable bonds is 4. The van der Waals surface area contributed by atoms with Crippen molar-refractivity contribution in [2.24, 2.45) is 5.92 Å². The zero-order valence-electron chi connectivity index (χ0n) is 16.6. The van der Waals surface area contributed by atoms with Crippen LogP contribution in [0.25, 0.3) is 0 Å². The summed E-state index contributed by atoms with van der Waals surface area (Å²) in [6, 6.07) is 10.7. The lowest BCUT2D eigenvalue weighted by Crippen LogP contribution is -2.32. The third-order valence-corrected chi connectivity index (χ3v) is 6.54. The van der Waals surface area contributed by atoms with Crippen LogP contribution in [-0.4, -0.2) is 26.5 Å². The predicted octanol–water partition coefficient (Wildman–Crippen LogP) is 4.42. The highest BCUT2D eigenvalue weighted by Crippen LogP contribution is 2.25. The normalized spacial score (nSPS) is 16.4. The van der Waals surface area contributed by atoms with E-state index in [9.17, 15) is 8.42 Å². The van der Waals surface area contributed by atoms with Crippen molar-refractivity contribution in [1.82, 2.24) is 4.98 Å². The third kappa shape index (κ3) is 4.80. The number of nitrogens with one attached hydrogen (secondary N) is 1.